The molecule has 0 saturated heterocycles. The van der Waals surface area contributed by atoms with E-state index in [0.29, 0.717) is 17.9 Å². The molecule has 4 nitrogen and oxygen atoms in total. The number of phenolic OH excluding ortho intramolecular Hbond substituents is 1. The van der Waals surface area contributed by atoms with E-state index < -0.39 is 7.05 Å². The minimum Gasteiger partial charge on any atom is -0.506 e. The third-order valence-corrected chi connectivity index (χ3v) is 4.03. The van der Waals surface area contributed by atoms with Crippen molar-refractivity contribution < 1.29 is 10.1 Å². The van der Waals surface area contributed by atoms with E-state index in [9.17, 15) is 10.1 Å². The molecule has 0 saturated carbocycles. The van der Waals surface area contributed by atoms with E-state index in [-0.39, 0.29) is 11.7 Å². The smallest absolute Gasteiger partial charge is 0.409 e. The second-order valence-electron chi connectivity index (χ2n) is 4.86. The van der Waals surface area contributed by atoms with Gasteiger partial charge in [0.1, 0.15) is 11.3 Å². The van der Waals surface area contributed by atoms with Crippen LogP contribution in [0.4, 0.5) is 5.69 Å². The fourth-order valence-electron chi connectivity index (χ4n) is 2.81. The van der Waals surface area contributed by atoms with Crippen molar-refractivity contribution in [3.8, 4) is 5.75 Å². The molecule has 0 spiro atoms. The molecule has 6 heteroatoms. The van der Waals surface area contributed by atoms with Gasteiger partial charge in [-0.2, -0.15) is 0 Å². The second kappa shape index (κ2) is 4.58. The van der Waals surface area contributed by atoms with Crippen LogP contribution in [0.3, 0.4) is 0 Å². The summed E-state index contributed by atoms with van der Waals surface area (Å²) in [4.78, 5) is 6.08. The molecular formula is C13H14BClN2O2. The number of fused-ring (bicyclic) bond motifs is 3. The molecule has 3 rings (SSSR count). The number of pyridine rings is 1. The highest BCUT2D eigenvalue weighted by Crippen LogP contribution is 2.44. The highest BCUT2D eigenvalue weighted by molar-refractivity contribution is 6.54. The van der Waals surface area contributed by atoms with Crippen molar-refractivity contribution in [2.45, 2.75) is 12.7 Å². The highest BCUT2D eigenvalue weighted by atomic mass is 35.5. The molecule has 19 heavy (non-hydrogen) atoms. The molecule has 1 aromatic heterocycles. The number of aromatic nitrogens is 1. The number of hydrogen-bond donors (Lipinski definition) is 2. The summed E-state index contributed by atoms with van der Waals surface area (Å²) in [6, 6.07) is 5.45. The van der Waals surface area contributed by atoms with Crippen LogP contribution in [0.5, 0.6) is 5.75 Å². The van der Waals surface area contributed by atoms with Crippen LogP contribution in [0, 0.1) is 0 Å². The summed E-state index contributed by atoms with van der Waals surface area (Å²) in [5, 5.41) is 20.9. The van der Waals surface area contributed by atoms with E-state index in [1.165, 1.54) is 0 Å². The predicted molar refractivity (Wildman–Crippen MR) is 78.1 cm³/mol. The molecule has 1 aromatic carbocycles. The van der Waals surface area contributed by atoms with Gasteiger partial charge in [-0.3, -0.25) is 4.98 Å². The molecule has 0 aliphatic carbocycles. The normalized spacial score (nSPS) is 17.8. The van der Waals surface area contributed by atoms with Crippen LogP contribution >= 0.6 is 11.6 Å². The topological polar surface area (TPSA) is 56.6 Å². The number of anilines is 1. The van der Waals surface area contributed by atoms with Crippen molar-refractivity contribution in [2.24, 2.45) is 0 Å². The Morgan fingerprint density at radius 1 is 1.58 bits per heavy atom. The van der Waals surface area contributed by atoms with Crippen molar-refractivity contribution in [1.29, 1.82) is 0 Å². The highest BCUT2D eigenvalue weighted by Gasteiger charge is 2.34. The summed E-state index contributed by atoms with van der Waals surface area (Å²) in [7, 11) is -0.611. The third-order valence-electron chi connectivity index (χ3n) is 3.66. The summed E-state index contributed by atoms with van der Waals surface area (Å²) in [6.07, 6.45) is 1.66. The van der Waals surface area contributed by atoms with Gasteiger partial charge < -0.3 is 14.9 Å². The Kier molecular flexibility index (Phi) is 3.03. The quantitative estimate of drug-likeness (QED) is 0.652. The van der Waals surface area contributed by atoms with Crippen LogP contribution in [0.2, 0.25) is 6.82 Å². The first-order valence-electron chi connectivity index (χ1n) is 6.24. The summed E-state index contributed by atoms with van der Waals surface area (Å²) < 4.78 is 0. The van der Waals surface area contributed by atoms with Gasteiger partial charge in [0.15, 0.2) is 0 Å². The third kappa shape index (κ3) is 1.85. The number of halogens is 1. The molecule has 1 atom stereocenters. The minimum atomic E-state index is -0.611. The summed E-state index contributed by atoms with van der Waals surface area (Å²) in [5.41, 5.74) is 2.50. The van der Waals surface area contributed by atoms with E-state index in [1.54, 1.807) is 19.1 Å². The minimum absolute atomic E-state index is 0.134. The lowest BCUT2D eigenvalue weighted by Crippen LogP contribution is -2.36. The molecule has 0 amide bonds. The van der Waals surface area contributed by atoms with E-state index in [4.69, 9.17) is 11.6 Å². The molecule has 98 valence electrons. The molecule has 2 heterocycles. The number of aromatic hydroxyl groups is 1. The number of hydrogen-bond acceptors (Lipinski definition) is 4. The van der Waals surface area contributed by atoms with Crippen molar-refractivity contribution in [2.75, 3.05) is 17.2 Å². The first-order chi connectivity index (χ1) is 9.13. The van der Waals surface area contributed by atoms with Gasteiger partial charge in [-0.25, -0.2) is 0 Å². The van der Waals surface area contributed by atoms with Crippen molar-refractivity contribution in [3.63, 3.8) is 0 Å². The van der Waals surface area contributed by atoms with Crippen LogP contribution in [0.25, 0.3) is 10.9 Å². The van der Waals surface area contributed by atoms with Gasteiger partial charge >= 0.3 is 7.05 Å². The Balaban J connectivity index is 2.31. The molecule has 0 bridgehead atoms. The van der Waals surface area contributed by atoms with Gasteiger partial charge in [0, 0.05) is 41.7 Å². The van der Waals surface area contributed by atoms with Crippen LogP contribution in [0.15, 0.2) is 24.4 Å². The van der Waals surface area contributed by atoms with Gasteiger partial charge in [0.05, 0.1) is 0 Å². The number of phenols is 1. The first kappa shape index (κ1) is 12.6. The van der Waals surface area contributed by atoms with Crippen molar-refractivity contribution in [3.05, 3.63) is 30.0 Å². The lowest BCUT2D eigenvalue weighted by molar-refractivity contribution is 0.480. The first-order valence-corrected chi connectivity index (χ1v) is 6.78. The predicted octanol–water partition coefficient (Wildman–Crippen LogP) is 2.19. The molecule has 0 radical (unpaired) electrons. The standard InChI is InChI=1S/C13H14BClN2O2/c1-14(19)17-7-8(6-15)12-9-3-2-4-16-13(9)11(18)5-10(12)17/h2-5,8,18-19H,6-7H2,1H3. The molecule has 0 fully saturated rings. The lowest BCUT2D eigenvalue weighted by atomic mass is 9.85. The average molecular weight is 277 g/mol. The van der Waals surface area contributed by atoms with E-state index in [0.717, 1.165) is 16.6 Å². The maximum atomic E-state index is 10.1. The monoisotopic (exact) mass is 276 g/mol. The lowest BCUT2D eigenvalue weighted by Gasteiger charge is -2.20. The average Bonchev–Trinajstić information content (AvgIpc) is 2.78. The van der Waals surface area contributed by atoms with Crippen LogP contribution < -0.4 is 4.81 Å². The van der Waals surface area contributed by atoms with E-state index in [2.05, 4.69) is 4.98 Å². The van der Waals surface area contributed by atoms with Gasteiger partial charge in [-0.15, -0.1) is 11.6 Å². The Morgan fingerprint density at radius 2 is 2.37 bits per heavy atom. The van der Waals surface area contributed by atoms with Crippen molar-refractivity contribution in [1.82, 2.24) is 4.98 Å². The molecular weight excluding hydrogens is 262 g/mol. The molecule has 2 N–H and O–H groups in total. The molecule has 2 aromatic rings. The Labute approximate surface area is 116 Å². The van der Waals surface area contributed by atoms with Gasteiger partial charge in [0.2, 0.25) is 0 Å². The molecule has 1 aliphatic rings. The summed E-state index contributed by atoms with van der Waals surface area (Å²) >= 11 is 6.05. The zero-order valence-electron chi connectivity index (χ0n) is 10.5. The van der Waals surface area contributed by atoms with Crippen LogP contribution in [0.1, 0.15) is 11.5 Å². The van der Waals surface area contributed by atoms with Crippen LogP contribution in [-0.4, -0.2) is 34.6 Å². The van der Waals surface area contributed by atoms with Crippen molar-refractivity contribution >= 4 is 35.2 Å². The summed E-state index contributed by atoms with van der Waals surface area (Å²) in [5.74, 6) is 0.749. The Hall–Kier alpha value is -1.46. The number of alkyl halides is 1. The Morgan fingerprint density at radius 3 is 3.05 bits per heavy atom. The second-order valence-corrected chi connectivity index (χ2v) is 5.17. The largest absolute Gasteiger partial charge is 0.506 e. The van der Waals surface area contributed by atoms with Gasteiger partial charge in [0.25, 0.3) is 0 Å². The van der Waals surface area contributed by atoms with Gasteiger partial charge in [-0.05, 0) is 18.5 Å². The fraction of sp³-hybridized carbons (Fsp3) is 0.308. The summed E-state index contributed by atoms with van der Waals surface area (Å²) in [6.45, 7) is 2.37. The fourth-order valence-corrected chi connectivity index (χ4v) is 3.07. The van der Waals surface area contributed by atoms with Gasteiger partial charge in [-0.1, -0.05) is 6.07 Å². The maximum absolute atomic E-state index is 10.1. The number of rotatable bonds is 2. The van der Waals surface area contributed by atoms with E-state index >= 15 is 0 Å². The number of benzene rings is 1. The SMILES string of the molecule is CB(O)N1CC(CCl)c2c1cc(O)c1ncccc21. The molecule has 1 unspecified atom stereocenters. The van der Waals surface area contributed by atoms with Crippen LogP contribution in [-0.2, 0) is 0 Å². The van der Waals surface area contributed by atoms with E-state index in [1.807, 2.05) is 16.9 Å². The zero-order valence-corrected chi connectivity index (χ0v) is 11.3. The number of nitrogens with zero attached hydrogens (tertiary/aromatic N) is 2. The molecule has 1 aliphatic heterocycles. The Bertz CT molecular complexity index is 635. The maximum Gasteiger partial charge on any atom is 0.409 e. The zero-order chi connectivity index (χ0) is 13.6.